The highest BCUT2D eigenvalue weighted by molar-refractivity contribution is 6.69. The number of benzene rings is 1. The van der Waals surface area contributed by atoms with E-state index in [1.807, 2.05) is 0 Å². The van der Waals surface area contributed by atoms with E-state index in [4.69, 9.17) is 37.4 Å². The molecule has 2 rings (SSSR count). The lowest BCUT2D eigenvalue weighted by Gasteiger charge is -2.13. The number of ether oxygens (including phenoxy) is 3. The van der Waals surface area contributed by atoms with Crippen molar-refractivity contribution >= 4 is 39.3 Å². The maximum atomic E-state index is 11.3. The molecule has 1 aromatic heterocycles. The van der Waals surface area contributed by atoms with Crippen LogP contribution in [0.25, 0.3) is 10.9 Å². The Bertz CT molecular complexity index is 691. The Balaban J connectivity index is 2.39. The summed E-state index contributed by atoms with van der Waals surface area (Å²) in [5.41, 5.74) is 0.751. The van der Waals surface area contributed by atoms with Gasteiger partial charge in [-0.25, -0.2) is 0 Å². The molecule has 0 N–H and O–H groups in total. The second-order valence-electron chi connectivity index (χ2n) is 4.47. The zero-order valence-electron chi connectivity index (χ0n) is 12.2. The van der Waals surface area contributed by atoms with E-state index in [-0.39, 0.29) is 10.6 Å². The number of hydrogen-bond donors (Lipinski definition) is 0. The molecule has 5 nitrogen and oxygen atoms in total. The molecule has 0 aliphatic carbocycles. The molecule has 118 valence electrons. The minimum atomic E-state index is -0.654. The lowest BCUT2D eigenvalue weighted by atomic mass is 10.1. The van der Waals surface area contributed by atoms with E-state index < -0.39 is 5.24 Å². The number of halogens is 2. The Morgan fingerprint density at radius 1 is 1.23 bits per heavy atom. The van der Waals surface area contributed by atoms with Gasteiger partial charge in [-0.1, -0.05) is 11.6 Å². The summed E-state index contributed by atoms with van der Waals surface area (Å²) in [6.45, 7) is 1.10. The van der Waals surface area contributed by atoms with Gasteiger partial charge in [0.15, 0.2) is 11.5 Å². The Morgan fingerprint density at radius 2 is 2.00 bits per heavy atom. The SMILES string of the molecule is COCCCOc1cc2ncc(C(=O)Cl)c(Cl)c2cc1OC. The lowest BCUT2D eigenvalue weighted by molar-refractivity contribution is 0.108. The van der Waals surface area contributed by atoms with E-state index in [2.05, 4.69) is 4.98 Å². The average molecular weight is 344 g/mol. The number of carbonyl (C=O) groups is 1. The topological polar surface area (TPSA) is 57.7 Å². The largest absolute Gasteiger partial charge is 0.493 e. The first-order valence-corrected chi connectivity index (χ1v) is 7.32. The van der Waals surface area contributed by atoms with Crippen LogP contribution in [-0.2, 0) is 4.74 Å². The van der Waals surface area contributed by atoms with Crippen LogP contribution in [0.5, 0.6) is 11.5 Å². The highest BCUT2D eigenvalue weighted by Gasteiger charge is 2.15. The van der Waals surface area contributed by atoms with Gasteiger partial charge in [-0.2, -0.15) is 0 Å². The van der Waals surface area contributed by atoms with E-state index in [1.54, 1.807) is 19.2 Å². The first kappa shape index (κ1) is 16.8. The van der Waals surface area contributed by atoms with Crippen molar-refractivity contribution < 1.29 is 19.0 Å². The molecule has 0 aliphatic rings. The summed E-state index contributed by atoms with van der Waals surface area (Å²) in [6, 6.07) is 3.40. The quantitative estimate of drug-likeness (QED) is 0.566. The van der Waals surface area contributed by atoms with Crippen LogP contribution in [0.15, 0.2) is 18.3 Å². The van der Waals surface area contributed by atoms with Crippen LogP contribution >= 0.6 is 23.2 Å². The smallest absolute Gasteiger partial charge is 0.255 e. The zero-order chi connectivity index (χ0) is 16.1. The predicted molar refractivity (Wildman–Crippen MR) is 85.5 cm³/mol. The van der Waals surface area contributed by atoms with Crippen molar-refractivity contribution in [1.29, 1.82) is 0 Å². The lowest BCUT2D eigenvalue weighted by Crippen LogP contribution is -2.03. The number of fused-ring (bicyclic) bond motifs is 1. The van der Waals surface area contributed by atoms with Crippen molar-refractivity contribution in [2.24, 2.45) is 0 Å². The van der Waals surface area contributed by atoms with Gasteiger partial charge in [0.05, 0.1) is 29.8 Å². The minimum Gasteiger partial charge on any atom is -0.493 e. The second kappa shape index (κ2) is 7.63. The Labute approximate surface area is 138 Å². The fourth-order valence-electron chi connectivity index (χ4n) is 1.96. The van der Waals surface area contributed by atoms with Gasteiger partial charge in [0.1, 0.15) is 0 Å². The first-order valence-electron chi connectivity index (χ1n) is 6.56. The normalized spacial score (nSPS) is 10.7. The first-order chi connectivity index (χ1) is 10.6. The van der Waals surface area contributed by atoms with Crippen molar-refractivity contribution in [3.8, 4) is 11.5 Å². The number of pyridine rings is 1. The summed E-state index contributed by atoms with van der Waals surface area (Å²) < 4.78 is 16.0. The standard InChI is InChI=1S/C15H15Cl2NO4/c1-20-4-3-5-22-13-7-11-9(6-12(13)21-2)14(16)10(8-18-11)15(17)19/h6-8H,3-5H2,1-2H3. The number of rotatable bonds is 7. The van der Waals surface area contributed by atoms with Crippen LogP contribution in [-0.4, -0.2) is 37.7 Å². The van der Waals surface area contributed by atoms with Gasteiger partial charge in [-0.3, -0.25) is 9.78 Å². The summed E-state index contributed by atoms with van der Waals surface area (Å²) >= 11 is 11.7. The molecule has 0 amide bonds. The summed E-state index contributed by atoms with van der Waals surface area (Å²) in [5.74, 6) is 1.06. The average Bonchev–Trinajstić information content (AvgIpc) is 2.51. The molecule has 1 aromatic carbocycles. The molecule has 0 unspecified atom stereocenters. The van der Waals surface area contributed by atoms with Crippen LogP contribution < -0.4 is 9.47 Å². The molecule has 0 saturated heterocycles. The van der Waals surface area contributed by atoms with Gasteiger partial charge >= 0.3 is 0 Å². The van der Waals surface area contributed by atoms with Gasteiger partial charge in [0, 0.05) is 37.8 Å². The van der Waals surface area contributed by atoms with Gasteiger partial charge in [0.2, 0.25) is 0 Å². The zero-order valence-corrected chi connectivity index (χ0v) is 13.7. The Hall–Kier alpha value is -1.56. The number of aromatic nitrogens is 1. The minimum absolute atomic E-state index is 0.159. The number of hydrogen-bond acceptors (Lipinski definition) is 5. The fraction of sp³-hybridized carbons (Fsp3) is 0.333. The third kappa shape index (κ3) is 3.61. The monoisotopic (exact) mass is 343 g/mol. The highest BCUT2D eigenvalue weighted by atomic mass is 35.5. The third-order valence-electron chi connectivity index (χ3n) is 3.05. The maximum absolute atomic E-state index is 11.3. The van der Waals surface area contributed by atoms with Crippen molar-refractivity contribution in [3.05, 3.63) is 28.9 Å². The molecular weight excluding hydrogens is 329 g/mol. The molecule has 0 aliphatic heterocycles. The highest BCUT2D eigenvalue weighted by Crippen LogP contribution is 2.36. The van der Waals surface area contributed by atoms with Gasteiger partial charge in [0.25, 0.3) is 5.24 Å². The molecule has 22 heavy (non-hydrogen) atoms. The summed E-state index contributed by atoms with van der Waals surface area (Å²) in [4.78, 5) is 15.5. The van der Waals surface area contributed by atoms with E-state index in [0.29, 0.717) is 35.6 Å². The Morgan fingerprint density at radius 3 is 2.64 bits per heavy atom. The van der Waals surface area contributed by atoms with Crippen molar-refractivity contribution in [2.45, 2.75) is 6.42 Å². The van der Waals surface area contributed by atoms with Crippen LogP contribution in [0.2, 0.25) is 5.02 Å². The molecule has 0 fully saturated rings. The van der Waals surface area contributed by atoms with Crippen LogP contribution in [0.1, 0.15) is 16.8 Å². The van der Waals surface area contributed by atoms with Crippen molar-refractivity contribution in [1.82, 2.24) is 4.98 Å². The summed E-state index contributed by atoms with van der Waals surface area (Å²) in [5, 5.41) is 0.168. The van der Waals surface area contributed by atoms with Crippen LogP contribution in [0, 0.1) is 0 Å². The molecule has 0 atom stereocenters. The summed E-state index contributed by atoms with van der Waals surface area (Å²) in [6.07, 6.45) is 2.10. The fourth-order valence-corrected chi connectivity index (χ4v) is 2.44. The molecule has 2 aromatic rings. The third-order valence-corrected chi connectivity index (χ3v) is 3.66. The molecule has 0 saturated carbocycles. The van der Waals surface area contributed by atoms with E-state index in [1.165, 1.54) is 13.3 Å². The number of nitrogens with zero attached hydrogens (tertiary/aromatic N) is 1. The molecule has 0 radical (unpaired) electrons. The molecule has 0 bridgehead atoms. The van der Waals surface area contributed by atoms with Crippen LogP contribution in [0.3, 0.4) is 0 Å². The van der Waals surface area contributed by atoms with Crippen molar-refractivity contribution in [2.75, 3.05) is 27.4 Å². The molecular formula is C15H15Cl2NO4. The predicted octanol–water partition coefficient (Wildman–Crippen LogP) is 3.69. The molecule has 7 heteroatoms. The molecule has 0 spiro atoms. The van der Waals surface area contributed by atoms with Crippen molar-refractivity contribution in [3.63, 3.8) is 0 Å². The van der Waals surface area contributed by atoms with E-state index >= 15 is 0 Å². The molecule has 1 heterocycles. The Kier molecular flexibility index (Phi) is 5.83. The van der Waals surface area contributed by atoms with E-state index in [0.717, 1.165) is 6.42 Å². The number of methoxy groups -OCH3 is 2. The van der Waals surface area contributed by atoms with Crippen LogP contribution in [0.4, 0.5) is 0 Å². The summed E-state index contributed by atoms with van der Waals surface area (Å²) in [7, 11) is 3.17. The van der Waals surface area contributed by atoms with Gasteiger partial charge in [-0.15, -0.1) is 0 Å². The van der Waals surface area contributed by atoms with E-state index in [9.17, 15) is 4.79 Å². The van der Waals surface area contributed by atoms with Gasteiger partial charge < -0.3 is 14.2 Å². The van der Waals surface area contributed by atoms with Gasteiger partial charge in [-0.05, 0) is 17.7 Å². The maximum Gasteiger partial charge on any atom is 0.255 e. The second-order valence-corrected chi connectivity index (χ2v) is 5.20. The number of carbonyl (C=O) groups excluding carboxylic acids is 1.